The number of piperidine rings is 1. The molecule has 1 unspecified atom stereocenters. The van der Waals surface area contributed by atoms with Gasteiger partial charge in [-0.1, -0.05) is 27.7 Å². The Morgan fingerprint density at radius 3 is 2.41 bits per heavy atom. The van der Waals surface area contributed by atoms with Crippen LogP contribution in [0, 0.1) is 17.3 Å². The van der Waals surface area contributed by atoms with E-state index in [9.17, 15) is 4.79 Å². The monoisotopic (exact) mass is 371 g/mol. The third kappa shape index (κ3) is 3.62. The molecule has 1 aliphatic heterocycles. The molecule has 4 heteroatoms. The second-order valence-corrected chi connectivity index (χ2v) is 10.1. The van der Waals surface area contributed by atoms with Gasteiger partial charge in [0.1, 0.15) is 5.78 Å². The van der Waals surface area contributed by atoms with Crippen LogP contribution in [0.5, 0.6) is 0 Å². The summed E-state index contributed by atoms with van der Waals surface area (Å²) in [5, 5.41) is 4.66. The molecule has 1 aromatic rings. The molecule has 1 atom stereocenters. The van der Waals surface area contributed by atoms with Crippen LogP contribution in [0.2, 0.25) is 0 Å². The maximum Gasteiger partial charge on any atom is 0.138 e. The summed E-state index contributed by atoms with van der Waals surface area (Å²) in [5.41, 5.74) is 1.92. The van der Waals surface area contributed by atoms with Crippen molar-refractivity contribution in [3.05, 3.63) is 18.0 Å². The highest BCUT2D eigenvalue weighted by Crippen LogP contribution is 2.60. The molecule has 0 N–H and O–H groups in total. The summed E-state index contributed by atoms with van der Waals surface area (Å²) in [6.45, 7) is 11.0. The lowest BCUT2D eigenvalue weighted by molar-refractivity contribution is -0.144. The first-order valence-electron chi connectivity index (χ1n) is 11.2. The zero-order valence-corrected chi connectivity index (χ0v) is 17.7. The van der Waals surface area contributed by atoms with Crippen molar-refractivity contribution in [1.29, 1.82) is 0 Å². The second-order valence-electron chi connectivity index (χ2n) is 10.1. The molecule has 150 valence electrons. The third-order valence-corrected chi connectivity index (χ3v) is 7.86. The quantitative estimate of drug-likeness (QED) is 0.720. The maximum atomic E-state index is 12.2. The van der Waals surface area contributed by atoms with E-state index in [1.54, 1.807) is 0 Å². The molecule has 2 aliphatic carbocycles. The Hall–Kier alpha value is -1.16. The summed E-state index contributed by atoms with van der Waals surface area (Å²) < 4.78 is 2.23. The minimum absolute atomic E-state index is 0.213. The largest absolute Gasteiger partial charge is 0.300 e. The minimum atomic E-state index is 0.213. The van der Waals surface area contributed by atoms with Crippen molar-refractivity contribution in [3.63, 3.8) is 0 Å². The molecule has 0 radical (unpaired) electrons. The highest BCUT2D eigenvalue weighted by Gasteiger charge is 2.55. The first-order valence-corrected chi connectivity index (χ1v) is 11.2. The van der Waals surface area contributed by atoms with Crippen LogP contribution in [0.15, 0.2) is 12.4 Å². The van der Waals surface area contributed by atoms with Crippen LogP contribution < -0.4 is 0 Å². The van der Waals surface area contributed by atoms with Crippen LogP contribution in [0.3, 0.4) is 0 Å². The predicted molar refractivity (Wildman–Crippen MR) is 109 cm³/mol. The maximum absolute atomic E-state index is 12.2. The van der Waals surface area contributed by atoms with Crippen molar-refractivity contribution in [2.45, 2.75) is 90.6 Å². The van der Waals surface area contributed by atoms with Crippen molar-refractivity contribution in [2.75, 3.05) is 13.1 Å². The van der Waals surface area contributed by atoms with Crippen molar-refractivity contribution in [3.8, 4) is 0 Å². The zero-order valence-electron chi connectivity index (χ0n) is 17.7. The fourth-order valence-electron chi connectivity index (χ4n) is 5.75. The number of ketones is 1. The van der Waals surface area contributed by atoms with Crippen molar-refractivity contribution in [2.24, 2.45) is 17.3 Å². The highest BCUT2D eigenvalue weighted by molar-refractivity contribution is 5.83. The Bertz CT molecular complexity index is 657. The van der Waals surface area contributed by atoms with Gasteiger partial charge in [-0.15, -0.1) is 0 Å². The fraction of sp³-hybridized carbons (Fsp3) is 0.826. The SMILES string of the molecule is CCC(C)c1cnn(C2CCN(C3CC4(CC(C(=O)C(C)C)C4)C3)CC2)c1. The minimum Gasteiger partial charge on any atom is -0.300 e. The van der Waals surface area contributed by atoms with Gasteiger partial charge in [0, 0.05) is 37.2 Å². The molecule has 2 saturated carbocycles. The number of rotatable bonds is 6. The molecule has 2 heterocycles. The molecule has 0 bridgehead atoms. The lowest BCUT2D eigenvalue weighted by atomic mass is 9.48. The van der Waals surface area contributed by atoms with Crippen molar-refractivity contribution >= 4 is 5.78 Å². The molecule has 1 aromatic heterocycles. The van der Waals surface area contributed by atoms with Gasteiger partial charge in [-0.2, -0.15) is 5.10 Å². The van der Waals surface area contributed by atoms with Gasteiger partial charge in [-0.3, -0.25) is 9.48 Å². The van der Waals surface area contributed by atoms with E-state index in [2.05, 4.69) is 40.9 Å². The zero-order chi connectivity index (χ0) is 19.2. The van der Waals surface area contributed by atoms with E-state index in [0.29, 0.717) is 29.1 Å². The van der Waals surface area contributed by atoms with Crippen LogP contribution in [0.4, 0.5) is 0 Å². The normalized spacial score (nSPS) is 33.1. The predicted octanol–water partition coefficient (Wildman–Crippen LogP) is 4.82. The van der Waals surface area contributed by atoms with Crippen LogP contribution in [-0.2, 0) is 4.79 Å². The second kappa shape index (κ2) is 7.35. The number of aromatic nitrogens is 2. The Kier molecular flexibility index (Phi) is 5.22. The van der Waals surface area contributed by atoms with E-state index in [0.717, 1.165) is 6.04 Å². The van der Waals surface area contributed by atoms with E-state index in [4.69, 9.17) is 0 Å². The van der Waals surface area contributed by atoms with Gasteiger partial charge in [-0.25, -0.2) is 0 Å². The third-order valence-electron chi connectivity index (χ3n) is 7.86. The van der Waals surface area contributed by atoms with E-state index >= 15 is 0 Å². The molecule has 4 rings (SSSR count). The topological polar surface area (TPSA) is 38.1 Å². The smallest absolute Gasteiger partial charge is 0.138 e. The lowest BCUT2D eigenvalue weighted by Crippen LogP contribution is -2.58. The van der Waals surface area contributed by atoms with Crippen molar-refractivity contribution < 1.29 is 4.79 Å². The van der Waals surface area contributed by atoms with Crippen molar-refractivity contribution in [1.82, 2.24) is 14.7 Å². The Morgan fingerprint density at radius 1 is 1.15 bits per heavy atom. The number of carbonyl (C=O) groups is 1. The van der Waals surface area contributed by atoms with E-state index in [1.165, 1.54) is 63.6 Å². The number of Topliss-reactive ketones (excluding diaryl/α,β-unsaturated/α-hetero) is 1. The van der Waals surface area contributed by atoms with E-state index in [1.807, 2.05) is 13.8 Å². The van der Waals surface area contributed by atoms with Gasteiger partial charge in [0.25, 0.3) is 0 Å². The molecule has 27 heavy (non-hydrogen) atoms. The highest BCUT2D eigenvalue weighted by atomic mass is 16.1. The summed E-state index contributed by atoms with van der Waals surface area (Å²) in [7, 11) is 0. The van der Waals surface area contributed by atoms with Gasteiger partial charge in [0.05, 0.1) is 12.2 Å². The number of likely N-dealkylation sites (tertiary alicyclic amines) is 1. The summed E-state index contributed by atoms with van der Waals surface area (Å²) in [6.07, 6.45) is 13.0. The standard InChI is InChI=1S/C23H37N3O/c1-5-17(4)19-14-24-26(15-19)20-6-8-25(9-7-20)21-12-23(13-21)10-18(11-23)22(27)16(2)3/h14-18,20-21H,5-13H2,1-4H3. The summed E-state index contributed by atoms with van der Waals surface area (Å²) in [4.78, 5) is 14.9. The van der Waals surface area contributed by atoms with Gasteiger partial charge >= 0.3 is 0 Å². The Labute approximate surface area is 164 Å². The molecular weight excluding hydrogens is 334 g/mol. The molecule has 0 aromatic carbocycles. The van der Waals surface area contributed by atoms with Gasteiger partial charge in [0.15, 0.2) is 0 Å². The molecule has 1 spiro atoms. The first-order chi connectivity index (χ1) is 12.9. The van der Waals surface area contributed by atoms with Gasteiger partial charge < -0.3 is 4.90 Å². The Balaban J connectivity index is 1.22. The van der Waals surface area contributed by atoms with Crippen LogP contribution in [-0.4, -0.2) is 39.6 Å². The number of hydrogen-bond donors (Lipinski definition) is 0. The average molecular weight is 372 g/mol. The molecule has 4 nitrogen and oxygen atoms in total. The molecule has 3 aliphatic rings. The van der Waals surface area contributed by atoms with Crippen LogP contribution in [0.25, 0.3) is 0 Å². The van der Waals surface area contributed by atoms with Gasteiger partial charge in [-0.05, 0) is 61.8 Å². The summed E-state index contributed by atoms with van der Waals surface area (Å²) in [6, 6.07) is 1.35. The van der Waals surface area contributed by atoms with E-state index in [-0.39, 0.29) is 5.92 Å². The summed E-state index contributed by atoms with van der Waals surface area (Å²) >= 11 is 0. The summed E-state index contributed by atoms with van der Waals surface area (Å²) in [5.74, 6) is 1.70. The molecular formula is C23H37N3O. The molecule has 3 fully saturated rings. The number of hydrogen-bond acceptors (Lipinski definition) is 3. The van der Waals surface area contributed by atoms with Gasteiger partial charge in [0.2, 0.25) is 0 Å². The van der Waals surface area contributed by atoms with Crippen LogP contribution in [0.1, 0.15) is 90.2 Å². The fourth-order valence-corrected chi connectivity index (χ4v) is 5.75. The number of carbonyl (C=O) groups excluding carboxylic acids is 1. The molecule has 1 saturated heterocycles. The lowest BCUT2D eigenvalue weighted by Gasteiger charge is -2.60. The first kappa shape index (κ1) is 19.2. The molecule has 0 amide bonds. The number of nitrogens with zero attached hydrogens (tertiary/aromatic N) is 3. The average Bonchev–Trinajstić information content (AvgIpc) is 3.09. The van der Waals surface area contributed by atoms with Crippen LogP contribution >= 0.6 is 0 Å². The Morgan fingerprint density at radius 2 is 1.81 bits per heavy atom. The van der Waals surface area contributed by atoms with E-state index < -0.39 is 0 Å².